The largest absolute Gasteiger partial charge is 0.322 e. The molecule has 1 fully saturated rings. The number of anilines is 1. The predicted molar refractivity (Wildman–Crippen MR) is 104 cm³/mol. The Bertz CT molecular complexity index is 721. The average molecular weight is 378 g/mol. The lowest BCUT2D eigenvalue weighted by atomic mass is 10.1. The summed E-state index contributed by atoms with van der Waals surface area (Å²) in [6.45, 7) is 6.05. The molecule has 0 unspecified atom stereocenters. The first kappa shape index (κ1) is 18.1. The second-order valence-corrected chi connectivity index (χ2v) is 7.09. The zero-order valence-corrected chi connectivity index (χ0v) is 15.6. The summed E-state index contributed by atoms with van der Waals surface area (Å²) >= 11 is 12.2. The maximum Gasteiger partial charge on any atom is 0.322 e. The van der Waals surface area contributed by atoms with Crippen LogP contribution >= 0.6 is 23.2 Å². The molecule has 0 bridgehead atoms. The van der Waals surface area contributed by atoms with Gasteiger partial charge in [0, 0.05) is 32.7 Å². The van der Waals surface area contributed by atoms with Crippen LogP contribution in [0, 0.1) is 6.92 Å². The number of carbonyl (C=O) groups is 1. The minimum Gasteiger partial charge on any atom is -0.322 e. The van der Waals surface area contributed by atoms with Crippen LogP contribution in [0.25, 0.3) is 0 Å². The van der Waals surface area contributed by atoms with Gasteiger partial charge in [-0.2, -0.15) is 0 Å². The SMILES string of the molecule is Cc1ccc(CN2CCN(C(=O)Nc3c(Cl)cccc3Cl)CC2)cc1. The Morgan fingerprint density at radius 1 is 1.00 bits per heavy atom. The van der Waals surface area contributed by atoms with Gasteiger partial charge >= 0.3 is 6.03 Å². The molecule has 0 atom stereocenters. The molecule has 0 aromatic heterocycles. The third-order valence-electron chi connectivity index (χ3n) is 4.38. The van der Waals surface area contributed by atoms with Gasteiger partial charge in [-0.1, -0.05) is 59.1 Å². The minimum absolute atomic E-state index is 0.162. The van der Waals surface area contributed by atoms with Gasteiger partial charge in [0.15, 0.2) is 0 Å². The van der Waals surface area contributed by atoms with E-state index in [1.54, 1.807) is 23.1 Å². The highest BCUT2D eigenvalue weighted by Gasteiger charge is 2.22. The van der Waals surface area contributed by atoms with Gasteiger partial charge < -0.3 is 10.2 Å². The Balaban J connectivity index is 1.53. The predicted octanol–water partition coefficient (Wildman–Crippen LogP) is 4.65. The number of amides is 2. The molecule has 0 saturated carbocycles. The summed E-state index contributed by atoms with van der Waals surface area (Å²) in [5.74, 6) is 0. The number of urea groups is 1. The van der Waals surface area contributed by atoms with E-state index in [9.17, 15) is 4.79 Å². The number of aryl methyl sites for hydroxylation is 1. The number of hydrogen-bond donors (Lipinski definition) is 1. The first-order valence-electron chi connectivity index (χ1n) is 8.31. The molecule has 0 radical (unpaired) electrons. The van der Waals surface area contributed by atoms with Gasteiger partial charge in [0.05, 0.1) is 15.7 Å². The summed E-state index contributed by atoms with van der Waals surface area (Å²) in [5.41, 5.74) is 3.03. The van der Waals surface area contributed by atoms with Crippen LogP contribution in [0.1, 0.15) is 11.1 Å². The fourth-order valence-corrected chi connectivity index (χ4v) is 3.36. The van der Waals surface area contributed by atoms with Gasteiger partial charge in [0.1, 0.15) is 0 Å². The second-order valence-electron chi connectivity index (χ2n) is 6.28. The van der Waals surface area contributed by atoms with E-state index >= 15 is 0 Å². The molecule has 1 N–H and O–H groups in total. The molecule has 1 saturated heterocycles. The van der Waals surface area contributed by atoms with Crippen molar-refractivity contribution in [3.05, 3.63) is 63.6 Å². The number of carbonyl (C=O) groups excluding carboxylic acids is 1. The molecule has 0 spiro atoms. The Kier molecular flexibility index (Phi) is 5.84. The number of piperazine rings is 1. The molecule has 1 aliphatic heterocycles. The molecular weight excluding hydrogens is 357 g/mol. The van der Waals surface area contributed by atoms with Gasteiger partial charge in [-0.25, -0.2) is 4.79 Å². The van der Waals surface area contributed by atoms with E-state index in [1.807, 2.05) is 0 Å². The topological polar surface area (TPSA) is 35.6 Å². The Labute approximate surface area is 158 Å². The maximum atomic E-state index is 12.5. The van der Waals surface area contributed by atoms with Crippen LogP contribution in [0.15, 0.2) is 42.5 Å². The van der Waals surface area contributed by atoms with E-state index < -0.39 is 0 Å². The zero-order valence-electron chi connectivity index (χ0n) is 14.1. The summed E-state index contributed by atoms with van der Waals surface area (Å²) in [4.78, 5) is 16.6. The van der Waals surface area contributed by atoms with Crippen LogP contribution in [0.2, 0.25) is 10.0 Å². The van der Waals surface area contributed by atoms with Gasteiger partial charge in [-0.05, 0) is 24.6 Å². The molecule has 3 rings (SSSR count). The van der Waals surface area contributed by atoms with Crippen molar-refractivity contribution < 1.29 is 4.79 Å². The Morgan fingerprint density at radius 3 is 2.20 bits per heavy atom. The third kappa shape index (κ3) is 4.66. The molecule has 2 aromatic carbocycles. The normalized spacial score (nSPS) is 15.2. The minimum atomic E-state index is -0.162. The lowest BCUT2D eigenvalue weighted by molar-refractivity contribution is 0.143. The highest BCUT2D eigenvalue weighted by atomic mass is 35.5. The highest BCUT2D eigenvalue weighted by Crippen LogP contribution is 2.30. The van der Waals surface area contributed by atoms with Crippen LogP contribution in [0.3, 0.4) is 0 Å². The molecule has 1 aliphatic rings. The average Bonchev–Trinajstić information content (AvgIpc) is 2.61. The van der Waals surface area contributed by atoms with Crippen LogP contribution in [-0.4, -0.2) is 42.0 Å². The fraction of sp³-hybridized carbons (Fsp3) is 0.316. The number of hydrogen-bond acceptors (Lipinski definition) is 2. The maximum absolute atomic E-state index is 12.5. The summed E-state index contributed by atoms with van der Waals surface area (Å²) in [7, 11) is 0. The first-order chi connectivity index (χ1) is 12.0. The van der Waals surface area contributed by atoms with Crippen molar-refractivity contribution >= 4 is 34.9 Å². The molecule has 25 heavy (non-hydrogen) atoms. The van der Waals surface area contributed by atoms with Crippen molar-refractivity contribution in [1.29, 1.82) is 0 Å². The van der Waals surface area contributed by atoms with Crippen molar-refractivity contribution in [2.24, 2.45) is 0 Å². The molecule has 2 amide bonds. The van der Waals surface area contributed by atoms with E-state index in [-0.39, 0.29) is 6.03 Å². The van der Waals surface area contributed by atoms with Crippen molar-refractivity contribution in [2.75, 3.05) is 31.5 Å². The van der Waals surface area contributed by atoms with E-state index in [4.69, 9.17) is 23.2 Å². The summed E-state index contributed by atoms with van der Waals surface area (Å²) in [6, 6.07) is 13.6. The lowest BCUT2D eigenvalue weighted by Crippen LogP contribution is -2.49. The fourth-order valence-electron chi connectivity index (χ4n) is 2.86. The summed E-state index contributed by atoms with van der Waals surface area (Å²) in [6.07, 6.45) is 0. The third-order valence-corrected chi connectivity index (χ3v) is 5.01. The number of rotatable bonds is 3. The highest BCUT2D eigenvalue weighted by molar-refractivity contribution is 6.39. The second kappa shape index (κ2) is 8.09. The molecular formula is C19H21Cl2N3O. The van der Waals surface area contributed by atoms with Crippen molar-refractivity contribution in [1.82, 2.24) is 9.80 Å². The number of para-hydroxylation sites is 1. The van der Waals surface area contributed by atoms with Gasteiger partial charge in [0.25, 0.3) is 0 Å². The molecule has 0 aliphatic carbocycles. The molecule has 6 heteroatoms. The quantitative estimate of drug-likeness (QED) is 0.844. The standard InChI is InChI=1S/C19H21Cl2N3O/c1-14-5-7-15(8-6-14)13-23-9-11-24(12-10-23)19(25)22-18-16(20)3-2-4-17(18)21/h2-8H,9-13H2,1H3,(H,22,25). The Morgan fingerprint density at radius 2 is 1.60 bits per heavy atom. The van der Waals surface area contributed by atoms with Gasteiger partial charge in [-0.3, -0.25) is 4.90 Å². The van der Waals surface area contributed by atoms with Crippen molar-refractivity contribution in [3.63, 3.8) is 0 Å². The van der Waals surface area contributed by atoms with E-state index in [1.165, 1.54) is 11.1 Å². The van der Waals surface area contributed by atoms with Gasteiger partial charge in [-0.15, -0.1) is 0 Å². The molecule has 132 valence electrons. The molecule has 2 aromatic rings. The van der Waals surface area contributed by atoms with Crippen LogP contribution in [0.5, 0.6) is 0 Å². The number of nitrogens with zero attached hydrogens (tertiary/aromatic N) is 2. The van der Waals surface area contributed by atoms with Crippen molar-refractivity contribution in [2.45, 2.75) is 13.5 Å². The van der Waals surface area contributed by atoms with Gasteiger partial charge in [0.2, 0.25) is 0 Å². The molecule has 1 heterocycles. The number of halogens is 2. The summed E-state index contributed by atoms with van der Waals surface area (Å²) in [5, 5.41) is 3.71. The summed E-state index contributed by atoms with van der Waals surface area (Å²) < 4.78 is 0. The van der Waals surface area contributed by atoms with E-state index in [0.29, 0.717) is 28.8 Å². The Hall–Kier alpha value is -1.75. The smallest absolute Gasteiger partial charge is 0.322 e. The monoisotopic (exact) mass is 377 g/mol. The van der Waals surface area contributed by atoms with Crippen molar-refractivity contribution in [3.8, 4) is 0 Å². The van der Waals surface area contributed by atoms with Crippen LogP contribution in [0.4, 0.5) is 10.5 Å². The lowest BCUT2D eigenvalue weighted by Gasteiger charge is -2.34. The van der Waals surface area contributed by atoms with E-state index in [0.717, 1.165) is 19.6 Å². The van der Waals surface area contributed by atoms with Crippen LogP contribution in [-0.2, 0) is 6.54 Å². The van der Waals surface area contributed by atoms with E-state index in [2.05, 4.69) is 41.4 Å². The number of nitrogens with one attached hydrogen (secondary N) is 1. The number of benzene rings is 2. The zero-order chi connectivity index (χ0) is 17.8. The van der Waals surface area contributed by atoms with Crippen LogP contribution < -0.4 is 5.32 Å². The first-order valence-corrected chi connectivity index (χ1v) is 9.06. The molecule has 4 nitrogen and oxygen atoms in total.